The van der Waals surface area contributed by atoms with Gasteiger partial charge in [-0.15, -0.1) is 11.3 Å². The molecule has 0 saturated heterocycles. The van der Waals surface area contributed by atoms with Crippen molar-refractivity contribution in [3.05, 3.63) is 40.4 Å². The molecule has 112 valence electrons. The average Bonchev–Trinajstić information content (AvgIpc) is 2.76. The van der Waals surface area contributed by atoms with Gasteiger partial charge < -0.3 is 9.84 Å². The molecular formula is C15H17NO3S2. The van der Waals surface area contributed by atoms with Gasteiger partial charge in [0.05, 0.1) is 18.7 Å². The topological polar surface area (TPSA) is 59.4 Å². The van der Waals surface area contributed by atoms with Crippen LogP contribution in [0.5, 0.6) is 5.75 Å². The molecule has 0 saturated carbocycles. The Morgan fingerprint density at radius 2 is 2.05 bits per heavy atom. The number of carbonyl (C=O) groups is 1. The number of benzene rings is 1. The van der Waals surface area contributed by atoms with E-state index in [1.165, 1.54) is 16.9 Å². The standard InChI is InChI=1S/C15H17NO3S2/c1-10-3-5-12(6-4-10)19-7-8-20-15-16-11(2)13(21-15)9-14(17)18/h3-6H,7-9H2,1-2H3,(H,17,18). The molecule has 1 N–H and O–H groups in total. The number of ether oxygens (including phenoxy) is 1. The first-order chi connectivity index (χ1) is 10.0. The Bertz CT molecular complexity index is 608. The number of thioether (sulfide) groups is 1. The highest BCUT2D eigenvalue weighted by Crippen LogP contribution is 2.27. The monoisotopic (exact) mass is 323 g/mol. The first kappa shape index (κ1) is 15.9. The fourth-order valence-corrected chi connectivity index (χ4v) is 3.80. The number of hydrogen-bond donors (Lipinski definition) is 1. The lowest BCUT2D eigenvalue weighted by Crippen LogP contribution is -1.99. The summed E-state index contributed by atoms with van der Waals surface area (Å²) in [6.07, 6.45) is 0.0456. The van der Waals surface area contributed by atoms with E-state index in [1.54, 1.807) is 11.8 Å². The predicted molar refractivity (Wildman–Crippen MR) is 85.6 cm³/mol. The zero-order valence-corrected chi connectivity index (χ0v) is 13.6. The third kappa shape index (κ3) is 5.06. The number of thiazole rings is 1. The maximum atomic E-state index is 10.7. The lowest BCUT2D eigenvalue weighted by atomic mass is 10.2. The molecule has 1 aromatic heterocycles. The molecule has 1 heterocycles. The van der Waals surface area contributed by atoms with Crippen molar-refractivity contribution in [3.63, 3.8) is 0 Å². The van der Waals surface area contributed by atoms with Crippen molar-refractivity contribution in [1.82, 2.24) is 4.98 Å². The molecule has 0 atom stereocenters. The van der Waals surface area contributed by atoms with Crippen molar-refractivity contribution in [1.29, 1.82) is 0 Å². The van der Waals surface area contributed by atoms with Crippen molar-refractivity contribution in [2.45, 2.75) is 24.6 Å². The van der Waals surface area contributed by atoms with Crippen LogP contribution in [0, 0.1) is 13.8 Å². The van der Waals surface area contributed by atoms with E-state index < -0.39 is 5.97 Å². The number of aryl methyl sites for hydroxylation is 2. The highest BCUT2D eigenvalue weighted by Gasteiger charge is 2.11. The molecule has 0 amide bonds. The zero-order valence-electron chi connectivity index (χ0n) is 12.0. The molecule has 2 aromatic rings. The Hall–Kier alpha value is -1.53. The summed E-state index contributed by atoms with van der Waals surface area (Å²) in [7, 11) is 0. The number of aromatic nitrogens is 1. The van der Waals surface area contributed by atoms with Crippen LogP contribution in [0.4, 0.5) is 0 Å². The molecule has 1 aromatic carbocycles. The second-order valence-electron chi connectivity index (χ2n) is 4.57. The van der Waals surface area contributed by atoms with Crippen LogP contribution >= 0.6 is 23.1 Å². The Morgan fingerprint density at radius 1 is 1.33 bits per heavy atom. The minimum atomic E-state index is -0.819. The number of rotatable bonds is 7. The summed E-state index contributed by atoms with van der Waals surface area (Å²) in [6.45, 7) is 4.49. The van der Waals surface area contributed by atoms with Gasteiger partial charge in [-0.2, -0.15) is 0 Å². The maximum absolute atomic E-state index is 10.7. The summed E-state index contributed by atoms with van der Waals surface area (Å²) in [5, 5.41) is 8.81. The molecule has 0 aliphatic carbocycles. The van der Waals surface area contributed by atoms with E-state index in [9.17, 15) is 4.79 Å². The lowest BCUT2D eigenvalue weighted by Gasteiger charge is -2.05. The Balaban J connectivity index is 1.78. The van der Waals surface area contributed by atoms with E-state index >= 15 is 0 Å². The largest absolute Gasteiger partial charge is 0.493 e. The van der Waals surface area contributed by atoms with Crippen molar-refractivity contribution in [3.8, 4) is 5.75 Å². The van der Waals surface area contributed by atoms with Gasteiger partial charge in [0.1, 0.15) is 5.75 Å². The van der Waals surface area contributed by atoms with Crippen LogP contribution < -0.4 is 4.74 Å². The molecule has 0 aliphatic heterocycles. The second kappa shape index (κ2) is 7.47. The first-order valence-electron chi connectivity index (χ1n) is 6.55. The third-order valence-electron chi connectivity index (χ3n) is 2.78. The summed E-state index contributed by atoms with van der Waals surface area (Å²) in [5.41, 5.74) is 2.02. The molecule has 0 spiro atoms. The van der Waals surface area contributed by atoms with Gasteiger partial charge in [-0.25, -0.2) is 4.98 Å². The van der Waals surface area contributed by atoms with E-state index in [2.05, 4.69) is 4.98 Å². The minimum absolute atomic E-state index is 0.0456. The van der Waals surface area contributed by atoms with Crippen LogP contribution in [0.15, 0.2) is 28.6 Å². The fourth-order valence-electron chi connectivity index (χ4n) is 1.69. The van der Waals surface area contributed by atoms with Crippen LogP contribution in [0.1, 0.15) is 16.1 Å². The van der Waals surface area contributed by atoms with Crippen LogP contribution in [0.2, 0.25) is 0 Å². The van der Waals surface area contributed by atoms with E-state index in [1.807, 2.05) is 38.1 Å². The maximum Gasteiger partial charge on any atom is 0.308 e. The van der Waals surface area contributed by atoms with E-state index in [0.717, 1.165) is 26.4 Å². The fraction of sp³-hybridized carbons (Fsp3) is 0.333. The number of hydrogen-bond acceptors (Lipinski definition) is 5. The molecule has 0 unspecified atom stereocenters. The van der Waals surface area contributed by atoms with Crippen LogP contribution in [0.25, 0.3) is 0 Å². The van der Waals surface area contributed by atoms with Gasteiger partial charge in [-0.3, -0.25) is 4.79 Å². The molecular weight excluding hydrogens is 306 g/mol. The number of carboxylic acids is 1. The third-order valence-corrected chi connectivity index (χ3v) is 5.05. The van der Waals surface area contributed by atoms with E-state index in [4.69, 9.17) is 9.84 Å². The predicted octanol–water partition coefficient (Wildman–Crippen LogP) is 3.56. The van der Waals surface area contributed by atoms with Crippen LogP contribution in [-0.2, 0) is 11.2 Å². The molecule has 0 aliphatic rings. The number of aliphatic carboxylic acids is 1. The van der Waals surface area contributed by atoms with Gasteiger partial charge in [-0.1, -0.05) is 29.5 Å². The highest BCUT2D eigenvalue weighted by atomic mass is 32.2. The first-order valence-corrected chi connectivity index (χ1v) is 8.35. The summed E-state index contributed by atoms with van der Waals surface area (Å²) in [4.78, 5) is 15.9. The summed E-state index contributed by atoms with van der Waals surface area (Å²) in [5.74, 6) is 0.831. The van der Waals surface area contributed by atoms with Crippen LogP contribution in [0.3, 0.4) is 0 Å². The molecule has 0 bridgehead atoms. The SMILES string of the molecule is Cc1ccc(OCCSc2nc(C)c(CC(=O)O)s2)cc1. The van der Waals surface area contributed by atoms with Gasteiger partial charge >= 0.3 is 5.97 Å². The van der Waals surface area contributed by atoms with Gasteiger partial charge in [0, 0.05) is 10.6 Å². The van der Waals surface area contributed by atoms with Gasteiger partial charge in [0.25, 0.3) is 0 Å². The summed E-state index contributed by atoms with van der Waals surface area (Å²) >= 11 is 3.05. The van der Waals surface area contributed by atoms with Crippen molar-refractivity contribution in [2.75, 3.05) is 12.4 Å². The quantitative estimate of drug-likeness (QED) is 0.623. The number of carboxylic acid groups (broad SMARTS) is 1. The van der Waals surface area contributed by atoms with E-state index in [-0.39, 0.29) is 6.42 Å². The molecule has 2 rings (SSSR count). The normalized spacial score (nSPS) is 10.6. The molecule has 4 nitrogen and oxygen atoms in total. The summed E-state index contributed by atoms with van der Waals surface area (Å²) < 4.78 is 6.55. The van der Waals surface area contributed by atoms with Crippen LogP contribution in [-0.4, -0.2) is 28.4 Å². The van der Waals surface area contributed by atoms with Gasteiger partial charge in [-0.05, 0) is 26.0 Å². The Labute approximate surface area is 132 Å². The lowest BCUT2D eigenvalue weighted by molar-refractivity contribution is -0.136. The molecule has 0 radical (unpaired) electrons. The summed E-state index contributed by atoms with van der Waals surface area (Å²) in [6, 6.07) is 7.95. The smallest absolute Gasteiger partial charge is 0.308 e. The Morgan fingerprint density at radius 3 is 2.71 bits per heavy atom. The second-order valence-corrected chi connectivity index (χ2v) is 6.99. The number of nitrogens with zero attached hydrogens (tertiary/aromatic N) is 1. The van der Waals surface area contributed by atoms with E-state index in [0.29, 0.717) is 6.61 Å². The molecule has 6 heteroatoms. The highest BCUT2D eigenvalue weighted by molar-refractivity contribution is 8.01. The minimum Gasteiger partial charge on any atom is -0.493 e. The van der Waals surface area contributed by atoms with Crippen molar-refractivity contribution in [2.24, 2.45) is 0 Å². The zero-order chi connectivity index (χ0) is 15.2. The molecule has 21 heavy (non-hydrogen) atoms. The van der Waals surface area contributed by atoms with Crippen molar-refractivity contribution < 1.29 is 14.6 Å². The Kier molecular flexibility index (Phi) is 5.64. The van der Waals surface area contributed by atoms with Crippen molar-refractivity contribution >= 4 is 29.1 Å². The van der Waals surface area contributed by atoms with Gasteiger partial charge in [0.2, 0.25) is 0 Å². The van der Waals surface area contributed by atoms with Gasteiger partial charge in [0.15, 0.2) is 4.34 Å². The molecule has 0 fully saturated rings. The average molecular weight is 323 g/mol.